The third-order valence-corrected chi connectivity index (χ3v) is 5.93. The molecule has 0 aliphatic heterocycles. The molecule has 6 nitrogen and oxygen atoms in total. The summed E-state index contributed by atoms with van der Waals surface area (Å²) in [5.74, 6) is -2.50. The standard InChI is InChI=1S/C26H25F2N3O3/c1-31-24-18(13-17-5-4-7-20(28)14-17)6-2-3-8-21(24)23(30-31)25(32)29-22(26(33)34)15-16-9-11-19(27)12-10-16/h4-5,7,9-14,22H,2-3,6,8,15H2,1H3,(H,29,32)(H,33,34)/b18-13+/t22-/m0/s1. The molecule has 0 radical (unpaired) electrons. The van der Waals surface area contributed by atoms with Crippen LogP contribution in [-0.2, 0) is 24.7 Å². The fourth-order valence-electron chi connectivity index (χ4n) is 4.35. The molecular weight excluding hydrogens is 440 g/mol. The average molecular weight is 466 g/mol. The number of hydrogen-bond acceptors (Lipinski definition) is 3. The van der Waals surface area contributed by atoms with Gasteiger partial charge < -0.3 is 10.4 Å². The van der Waals surface area contributed by atoms with Crippen molar-refractivity contribution in [2.24, 2.45) is 7.05 Å². The number of halogens is 2. The van der Waals surface area contributed by atoms with Gasteiger partial charge in [-0.15, -0.1) is 0 Å². The van der Waals surface area contributed by atoms with Crippen LogP contribution in [0.15, 0.2) is 48.5 Å². The van der Waals surface area contributed by atoms with Crippen molar-refractivity contribution in [1.29, 1.82) is 0 Å². The number of carboxylic acids is 1. The van der Waals surface area contributed by atoms with Gasteiger partial charge in [0.2, 0.25) is 0 Å². The van der Waals surface area contributed by atoms with Crippen LogP contribution in [-0.4, -0.2) is 32.8 Å². The maximum atomic E-state index is 13.7. The lowest BCUT2D eigenvalue weighted by Gasteiger charge is -2.14. The molecular formula is C26H25F2N3O3. The Hall–Kier alpha value is -3.81. The second kappa shape index (κ2) is 9.99. The van der Waals surface area contributed by atoms with Gasteiger partial charge in [0, 0.05) is 19.0 Å². The lowest BCUT2D eigenvalue weighted by molar-refractivity contribution is -0.139. The van der Waals surface area contributed by atoms with Gasteiger partial charge in [-0.1, -0.05) is 24.3 Å². The van der Waals surface area contributed by atoms with Gasteiger partial charge in [0.25, 0.3) is 5.91 Å². The minimum absolute atomic E-state index is 0.0150. The van der Waals surface area contributed by atoms with Gasteiger partial charge in [-0.05, 0) is 72.7 Å². The fraction of sp³-hybridized carbons (Fsp3) is 0.269. The number of nitrogens with zero attached hydrogens (tertiary/aromatic N) is 2. The summed E-state index contributed by atoms with van der Waals surface area (Å²) in [7, 11) is 1.74. The van der Waals surface area contributed by atoms with Crippen molar-refractivity contribution in [3.8, 4) is 0 Å². The molecule has 0 bridgehead atoms. The van der Waals surface area contributed by atoms with Gasteiger partial charge in [0.15, 0.2) is 5.69 Å². The Morgan fingerprint density at radius 1 is 1.12 bits per heavy atom. The number of benzene rings is 2. The molecule has 2 aromatic carbocycles. The van der Waals surface area contributed by atoms with Gasteiger partial charge in [-0.25, -0.2) is 13.6 Å². The summed E-state index contributed by atoms with van der Waals surface area (Å²) < 4.78 is 28.5. The summed E-state index contributed by atoms with van der Waals surface area (Å²) in [6.45, 7) is 0. The number of amides is 1. The lowest BCUT2D eigenvalue weighted by atomic mass is 10.0. The number of rotatable bonds is 6. The van der Waals surface area contributed by atoms with E-state index in [1.165, 1.54) is 36.4 Å². The smallest absolute Gasteiger partial charge is 0.326 e. The Labute approximate surface area is 195 Å². The van der Waals surface area contributed by atoms with E-state index in [-0.39, 0.29) is 17.9 Å². The van der Waals surface area contributed by atoms with Crippen LogP contribution in [0, 0.1) is 11.6 Å². The summed E-state index contributed by atoms with van der Waals surface area (Å²) in [5, 5.41) is 16.6. The zero-order chi connectivity index (χ0) is 24.2. The van der Waals surface area contributed by atoms with Crippen molar-refractivity contribution in [3.05, 3.63) is 88.2 Å². The molecule has 176 valence electrons. The maximum Gasteiger partial charge on any atom is 0.326 e. The van der Waals surface area contributed by atoms with E-state index in [0.29, 0.717) is 12.0 Å². The Balaban J connectivity index is 1.63. The zero-order valence-electron chi connectivity index (χ0n) is 18.7. The Morgan fingerprint density at radius 2 is 1.85 bits per heavy atom. The number of carbonyl (C=O) groups excluding carboxylic acids is 1. The van der Waals surface area contributed by atoms with Crippen LogP contribution >= 0.6 is 0 Å². The van der Waals surface area contributed by atoms with E-state index in [4.69, 9.17) is 0 Å². The number of fused-ring (bicyclic) bond motifs is 1. The number of aliphatic carboxylic acids is 1. The molecule has 8 heteroatoms. The van der Waals surface area contributed by atoms with Crippen LogP contribution in [0.1, 0.15) is 52.1 Å². The molecule has 0 spiro atoms. The molecule has 0 saturated carbocycles. The number of carbonyl (C=O) groups is 2. The van der Waals surface area contributed by atoms with Crippen LogP contribution in [0.5, 0.6) is 0 Å². The first-order valence-electron chi connectivity index (χ1n) is 11.1. The molecule has 1 aliphatic rings. The molecule has 2 N–H and O–H groups in total. The summed E-state index contributed by atoms with van der Waals surface area (Å²) in [4.78, 5) is 24.9. The largest absolute Gasteiger partial charge is 0.480 e. The second-order valence-electron chi connectivity index (χ2n) is 8.43. The van der Waals surface area contributed by atoms with Gasteiger partial charge in [0.1, 0.15) is 17.7 Å². The number of allylic oxidation sites excluding steroid dienone is 1. The summed E-state index contributed by atoms with van der Waals surface area (Å²) in [6, 6.07) is 10.6. The molecule has 1 heterocycles. The zero-order valence-corrected chi connectivity index (χ0v) is 18.7. The highest BCUT2D eigenvalue weighted by atomic mass is 19.1. The van der Waals surface area contributed by atoms with E-state index in [1.807, 2.05) is 12.1 Å². The molecule has 0 fully saturated rings. The Kier molecular flexibility index (Phi) is 6.86. The average Bonchev–Trinajstić information content (AvgIpc) is 2.98. The van der Waals surface area contributed by atoms with Gasteiger partial charge >= 0.3 is 5.97 Å². The number of hydrogen-bond donors (Lipinski definition) is 2. The van der Waals surface area contributed by atoms with Gasteiger partial charge in [-0.2, -0.15) is 5.10 Å². The molecule has 0 saturated heterocycles. The van der Waals surface area contributed by atoms with E-state index in [2.05, 4.69) is 10.4 Å². The summed E-state index contributed by atoms with van der Waals surface area (Å²) in [5.41, 5.74) is 4.01. The first-order chi connectivity index (χ1) is 16.3. The maximum absolute atomic E-state index is 13.7. The van der Waals surface area contributed by atoms with Gasteiger partial charge in [-0.3, -0.25) is 9.48 Å². The van der Waals surface area contributed by atoms with E-state index >= 15 is 0 Å². The number of aryl methyl sites for hydroxylation is 1. The third-order valence-electron chi connectivity index (χ3n) is 5.93. The Morgan fingerprint density at radius 3 is 2.56 bits per heavy atom. The van der Waals surface area contributed by atoms with Gasteiger partial charge in [0.05, 0.1) is 5.69 Å². The quantitative estimate of drug-likeness (QED) is 0.529. The number of nitrogens with one attached hydrogen (secondary N) is 1. The first-order valence-corrected chi connectivity index (χ1v) is 11.1. The Bertz CT molecular complexity index is 1250. The van der Waals surface area contributed by atoms with Crippen molar-refractivity contribution in [3.63, 3.8) is 0 Å². The molecule has 1 aliphatic carbocycles. The van der Waals surface area contributed by atoms with Crippen LogP contribution in [0.25, 0.3) is 11.6 Å². The van der Waals surface area contributed by atoms with Crippen molar-refractivity contribution >= 4 is 23.5 Å². The second-order valence-corrected chi connectivity index (χ2v) is 8.43. The molecule has 34 heavy (non-hydrogen) atoms. The van der Waals surface area contributed by atoms with Crippen molar-refractivity contribution in [2.75, 3.05) is 0 Å². The monoisotopic (exact) mass is 465 g/mol. The van der Waals surface area contributed by atoms with E-state index in [0.717, 1.165) is 41.7 Å². The lowest BCUT2D eigenvalue weighted by Crippen LogP contribution is -2.42. The van der Waals surface area contributed by atoms with E-state index in [1.54, 1.807) is 17.8 Å². The molecule has 0 unspecified atom stereocenters. The normalized spacial score (nSPS) is 15.4. The molecule has 1 atom stereocenters. The first kappa shape index (κ1) is 23.4. The van der Waals surface area contributed by atoms with Crippen molar-refractivity contribution in [2.45, 2.75) is 38.1 Å². The van der Waals surface area contributed by atoms with E-state index < -0.39 is 23.7 Å². The van der Waals surface area contributed by atoms with E-state index in [9.17, 15) is 23.5 Å². The topological polar surface area (TPSA) is 84.2 Å². The van der Waals surface area contributed by atoms with Crippen LogP contribution < -0.4 is 5.32 Å². The van der Waals surface area contributed by atoms with Crippen LogP contribution in [0.2, 0.25) is 0 Å². The molecule has 1 aromatic heterocycles. The highest BCUT2D eigenvalue weighted by Crippen LogP contribution is 2.33. The van der Waals surface area contributed by atoms with Crippen molar-refractivity contribution < 1.29 is 23.5 Å². The predicted octanol–water partition coefficient (Wildman–Crippen LogP) is 4.39. The fourth-order valence-corrected chi connectivity index (χ4v) is 4.35. The SMILES string of the molecule is Cn1nc(C(=O)N[C@@H](Cc2ccc(F)cc2)C(=O)O)c2c1/C(=C/c1cccc(F)c1)CCCC2. The molecule has 1 amide bonds. The minimum atomic E-state index is -1.19. The molecule has 3 aromatic rings. The third kappa shape index (κ3) is 5.22. The highest BCUT2D eigenvalue weighted by Gasteiger charge is 2.28. The number of aromatic nitrogens is 2. The summed E-state index contributed by atoms with van der Waals surface area (Å²) in [6.07, 6.45) is 5.05. The minimum Gasteiger partial charge on any atom is -0.480 e. The predicted molar refractivity (Wildman–Crippen MR) is 124 cm³/mol. The number of carboxylic acid groups (broad SMARTS) is 1. The summed E-state index contributed by atoms with van der Waals surface area (Å²) >= 11 is 0. The molecule has 4 rings (SSSR count). The van der Waals surface area contributed by atoms with Crippen LogP contribution in [0.3, 0.4) is 0 Å². The van der Waals surface area contributed by atoms with Crippen molar-refractivity contribution in [1.82, 2.24) is 15.1 Å². The highest BCUT2D eigenvalue weighted by molar-refractivity contribution is 5.98. The van der Waals surface area contributed by atoms with Crippen LogP contribution in [0.4, 0.5) is 8.78 Å².